The number of phenols is 1. The Kier molecular flexibility index (Phi) is 3.29. The molecule has 94 valence electrons. The molecule has 3 nitrogen and oxygen atoms in total. The first kappa shape index (κ1) is 12.2. The molecular weight excluding hydrogens is 214 g/mol. The molecular formula is C14H21NO2. The highest BCUT2D eigenvalue weighted by Gasteiger charge is 2.33. The molecule has 0 aliphatic carbocycles. The lowest BCUT2D eigenvalue weighted by atomic mass is 10.0. The largest absolute Gasteiger partial charge is 0.508 e. The predicted molar refractivity (Wildman–Crippen MR) is 69.5 cm³/mol. The third-order valence-electron chi connectivity index (χ3n) is 3.41. The van der Waals surface area contributed by atoms with Crippen molar-refractivity contribution in [3.05, 3.63) is 23.8 Å². The van der Waals surface area contributed by atoms with E-state index in [-0.39, 0.29) is 6.10 Å². The molecule has 0 amide bonds. The number of rotatable bonds is 3. The summed E-state index contributed by atoms with van der Waals surface area (Å²) in [4.78, 5) is 2.31. The second-order valence-electron chi connectivity index (χ2n) is 5.22. The molecule has 1 aromatic carbocycles. The summed E-state index contributed by atoms with van der Waals surface area (Å²) >= 11 is 0. The van der Waals surface area contributed by atoms with Gasteiger partial charge in [-0.25, -0.2) is 0 Å². The summed E-state index contributed by atoms with van der Waals surface area (Å²) in [6, 6.07) is 6.34. The van der Waals surface area contributed by atoms with Crippen LogP contribution in [0.25, 0.3) is 0 Å². The predicted octanol–water partition coefficient (Wildman–Crippen LogP) is 2.30. The van der Waals surface area contributed by atoms with Gasteiger partial charge in [-0.3, -0.25) is 0 Å². The van der Waals surface area contributed by atoms with E-state index < -0.39 is 0 Å². The Bertz CT molecular complexity index is 401. The van der Waals surface area contributed by atoms with E-state index in [1.807, 2.05) is 13.0 Å². The molecule has 1 aliphatic heterocycles. The van der Waals surface area contributed by atoms with E-state index in [1.54, 1.807) is 6.07 Å². The quantitative estimate of drug-likeness (QED) is 0.845. The number of hydrogen-bond acceptors (Lipinski definition) is 3. The molecule has 0 aromatic heterocycles. The van der Waals surface area contributed by atoms with Crippen molar-refractivity contribution < 1.29 is 10.2 Å². The summed E-state index contributed by atoms with van der Waals surface area (Å²) in [6.07, 6.45) is 1.26. The Hall–Kier alpha value is -1.22. The van der Waals surface area contributed by atoms with Gasteiger partial charge in [0.2, 0.25) is 0 Å². The molecule has 0 fully saturated rings. The fraction of sp³-hybridized carbons (Fsp3) is 0.571. The fourth-order valence-electron chi connectivity index (χ4n) is 2.83. The Morgan fingerprint density at radius 2 is 2.06 bits per heavy atom. The molecule has 17 heavy (non-hydrogen) atoms. The number of benzene rings is 1. The molecule has 0 bridgehead atoms. The Balaban J connectivity index is 2.34. The van der Waals surface area contributed by atoms with Crippen molar-refractivity contribution in [3.8, 4) is 5.75 Å². The number of hydrogen-bond donors (Lipinski definition) is 2. The monoisotopic (exact) mass is 235 g/mol. The molecule has 3 heteroatoms. The van der Waals surface area contributed by atoms with Crippen LogP contribution in [-0.4, -0.2) is 28.4 Å². The SMILES string of the molecule is CC(O)CC1Cc2c(O)cccc2N1C(C)C. The molecule has 0 radical (unpaired) electrons. The Morgan fingerprint density at radius 3 is 2.65 bits per heavy atom. The maximum atomic E-state index is 9.89. The van der Waals surface area contributed by atoms with Crippen LogP contribution >= 0.6 is 0 Å². The van der Waals surface area contributed by atoms with Gasteiger partial charge in [-0.1, -0.05) is 6.07 Å². The summed E-state index contributed by atoms with van der Waals surface area (Å²) in [6.45, 7) is 6.11. The first-order chi connectivity index (χ1) is 8.00. The minimum Gasteiger partial charge on any atom is -0.508 e. The maximum absolute atomic E-state index is 9.89. The minimum atomic E-state index is -0.308. The number of nitrogens with zero attached hydrogens (tertiary/aromatic N) is 1. The van der Waals surface area contributed by atoms with Gasteiger partial charge in [-0.05, 0) is 45.7 Å². The van der Waals surface area contributed by atoms with E-state index in [2.05, 4.69) is 24.8 Å². The minimum absolute atomic E-state index is 0.290. The van der Waals surface area contributed by atoms with Gasteiger partial charge in [0.05, 0.1) is 6.10 Å². The van der Waals surface area contributed by atoms with Crippen molar-refractivity contribution in [1.82, 2.24) is 0 Å². The molecule has 1 heterocycles. The van der Waals surface area contributed by atoms with Crippen molar-refractivity contribution in [3.63, 3.8) is 0 Å². The lowest BCUT2D eigenvalue weighted by molar-refractivity contribution is 0.173. The van der Waals surface area contributed by atoms with E-state index >= 15 is 0 Å². The van der Waals surface area contributed by atoms with E-state index in [1.165, 1.54) is 0 Å². The van der Waals surface area contributed by atoms with Crippen LogP contribution < -0.4 is 4.90 Å². The normalized spacial score (nSPS) is 20.8. The van der Waals surface area contributed by atoms with Crippen molar-refractivity contribution in [1.29, 1.82) is 0 Å². The van der Waals surface area contributed by atoms with Crippen LogP contribution in [0.15, 0.2) is 18.2 Å². The van der Waals surface area contributed by atoms with Crippen molar-refractivity contribution in [2.75, 3.05) is 4.90 Å². The molecule has 1 aromatic rings. The van der Waals surface area contributed by atoms with Crippen LogP contribution in [0.5, 0.6) is 5.75 Å². The van der Waals surface area contributed by atoms with E-state index in [9.17, 15) is 10.2 Å². The standard InChI is InChI=1S/C14H21NO2/c1-9(2)15-11(7-10(3)16)8-12-13(15)5-4-6-14(12)17/h4-6,9-11,16-17H,7-8H2,1-3H3. The molecule has 2 N–H and O–H groups in total. The van der Waals surface area contributed by atoms with Crippen molar-refractivity contribution in [2.24, 2.45) is 0 Å². The summed E-state index contributed by atoms with van der Waals surface area (Å²) in [5, 5.41) is 19.5. The van der Waals surface area contributed by atoms with Crippen LogP contribution in [0.4, 0.5) is 5.69 Å². The number of aliphatic hydroxyl groups is 1. The second kappa shape index (κ2) is 4.57. The summed E-state index contributed by atoms with van der Waals surface area (Å²) in [7, 11) is 0. The Labute approximate surface area is 103 Å². The number of aromatic hydroxyl groups is 1. The second-order valence-corrected chi connectivity index (χ2v) is 5.22. The molecule has 0 spiro atoms. The molecule has 0 saturated carbocycles. The number of aliphatic hydroxyl groups excluding tert-OH is 1. The Morgan fingerprint density at radius 1 is 1.35 bits per heavy atom. The number of phenolic OH excluding ortho intramolecular Hbond substituents is 1. The zero-order valence-corrected chi connectivity index (χ0v) is 10.7. The lowest BCUT2D eigenvalue weighted by Crippen LogP contribution is -2.39. The van der Waals surface area contributed by atoms with E-state index in [4.69, 9.17) is 0 Å². The highest BCUT2D eigenvalue weighted by atomic mass is 16.3. The van der Waals surface area contributed by atoms with Gasteiger partial charge in [0, 0.05) is 23.3 Å². The van der Waals surface area contributed by atoms with Gasteiger partial charge < -0.3 is 15.1 Å². The highest BCUT2D eigenvalue weighted by molar-refractivity contribution is 5.64. The van der Waals surface area contributed by atoms with E-state index in [0.717, 1.165) is 24.1 Å². The third-order valence-corrected chi connectivity index (χ3v) is 3.41. The number of fused-ring (bicyclic) bond motifs is 1. The van der Waals surface area contributed by atoms with Gasteiger partial charge in [-0.15, -0.1) is 0 Å². The third kappa shape index (κ3) is 2.25. The van der Waals surface area contributed by atoms with Crippen LogP contribution in [0.3, 0.4) is 0 Å². The molecule has 1 aliphatic rings. The highest BCUT2D eigenvalue weighted by Crippen LogP contribution is 2.40. The number of anilines is 1. The maximum Gasteiger partial charge on any atom is 0.120 e. The van der Waals surface area contributed by atoms with Crippen LogP contribution in [0, 0.1) is 0 Å². The first-order valence-corrected chi connectivity index (χ1v) is 6.28. The van der Waals surface area contributed by atoms with Gasteiger partial charge in [-0.2, -0.15) is 0 Å². The summed E-state index contributed by atoms with van der Waals surface area (Å²) in [5.74, 6) is 0.376. The van der Waals surface area contributed by atoms with Gasteiger partial charge in [0.1, 0.15) is 5.75 Å². The fourth-order valence-corrected chi connectivity index (χ4v) is 2.83. The first-order valence-electron chi connectivity index (χ1n) is 6.28. The zero-order valence-electron chi connectivity index (χ0n) is 10.7. The molecule has 0 saturated heterocycles. The van der Waals surface area contributed by atoms with Crippen molar-refractivity contribution in [2.45, 2.75) is 51.8 Å². The lowest BCUT2D eigenvalue weighted by Gasteiger charge is -2.32. The zero-order chi connectivity index (χ0) is 12.6. The van der Waals surface area contributed by atoms with Crippen LogP contribution in [0.2, 0.25) is 0 Å². The average molecular weight is 235 g/mol. The topological polar surface area (TPSA) is 43.7 Å². The average Bonchev–Trinajstić information content (AvgIpc) is 2.56. The van der Waals surface area contributed by atoms with Crippen LogP contribution in [0.1, 0.15) is 32.8 Å². The van der Waals surface area contributed by atoms with Crippen molar-refractivity contribution >= 4 is 5.69 Å². The summed E-state index contributed by atoms with van der Waals surface area (Å²) < 4.78 is 0. The van der Waals surface area contributed by atoms with E-state index in [0.29, 0.717) is 17.8 Å². The smallest absolute Gasteiger partial charge is 0.120 e. The molecule has 2 atom stereocenters. The van der Waals surface area contributed by atoms with Crippen LogP contribution in [-0.2, 0) is 6.42 Å². The summed E-state index contributed by atoms with van der Waals surface area (Å²) in [5.41, 5.74) is 2.14. The molecule has 2 unspecified atom stereocenters. The van der Waals surface area contributed by atoms with Gasteiger partial charge >= 0.3 is 0 Å². The molecule has 2 rings (SSSR count). The van der Waals surface area contributed by atoms with Gasteiger partial charge in [0.15, 0.2) is 0 Å². The van der Waals surface area contributed by atoms with Gasteiger partial charge in [0.25, 0.3) is 0 Å².